The molecule has 5 nitrogen and oxygen atoms in total. The van der Waals surface area contributed by atoms with Crippen molar-refractivity contribution < 1.29 is 19.4 Å². The quantitative estimate of drug-likeness (QED) is 0.273. The van der Waals surface area contributed by atoms with Gasteiger partial charge in [0, 0.05) is 0 Å². The number of hydrogen-bond acceptors (Lipinski definition) is 4. The van der Waals surface area contributed by atoms with Gasteiger partial charge in [0.15, 0.2) is 0 Å². The summed E-state index contributed by atoms with van der Waals surface area (Å²) in [5, 5.41) is 11.0. The minimum atomic E-state index is -1.61. The van der Waals surface area contributed by atoms with Crippen molar-refractivity contribution in [3.8, 4) is 0 Å². The zero-order valence-electron chi connectivity index (χ0n) is 8.16. The van der Waals surface area contributed by atoms with Gasteiger partial charge in [-0.15, -0.1) is 0 Å². The van der Waals surface area contributed by atoms with Gasteiger partial charge in [0.25, 0.3) is 0 Å². The van der Waals surface area contributed by atoms with Gasteiger partial charge in [-0.1, -0.05) is 19.9 Å². The van der Waals surface area contributed by atoms with Gasteiger partial charge in [-0.2, -0.15) is 0 Å². The average Bonchev–Trinajstić information content (AvgIpc) is 2.17. The summed E-state index contributed by atoms with van der Waals surface area (Å²) in [6.07, 6.45) is 0.969. The molecule has 0 bridgehead atoms. The largest absolute Gasteiger partial charge is 0.462 e. The molecule has 0 fully saturated rings. The molecule has 1 amide bonds. The first-order chi connectivity index (χ1) is 6.61. The second-order valence-electron chi connectivity index (χ2n) is 2.64. The predicted molar refractivity (Wildman–Crippen MR) is 50.2 cm³/mol. The summed E-state index contributed by atoms with van der Waals surface area (Å²) in [7, 11) is 0. The maximum atomic E-state index is 10.9. The van der Waals surface area contributed by atoms with Gasteiger partial charge in [-0.25, -0.2) is 4.79 Å². The van der Waals surface area contributed by atoms with Crippen LogP contribution in [0.25, 0.3) is 0 Å². The van der Waals surface area contributed by atoms with Gasteiger partial charge in [0.1, 0.15) is 0 Å². The van der Waals surface area contributed by atoms with Gasteiger partial charge in [-0.05, 0) is 12.5 Å². The fourth-order valence-electron chi connectivity index (χ4n) is 0.649. The highest BCUT2D eigenvalue weighted by molar-refractivity contribution is 5.90. The maximum Gasteiger partial charge on any atom is 0.356 e. The number of ether oxygens (including phenoxy) is 1. The Hall–Kier alpha value is -1.36. The van der Waals surface area contributed by atoms with Crippen LogP contribution in [0.5, 0.6) is 0 Å². The Morgan fingerprint density at radius 1 is 1.64 bits per heavy atom. The van der Waals surface area contributed by atoms with Crippen LogP contribution < -0.4 is 5.32 Å². The summed E-state index contributed by atoms with van der Waals surface area (Å²) in [6.45, 7) is 5.37. The molecule has 1 unspecified atom stereocenters. The molecular formula is C9H15NO4. The van der Waals surface area contributed by atoms with Crippen molar-refractivity contribution in [1.82, 2.24) is 5.32 Å². The summed E-state index contributed by atoms with van der Waals surface area (Å²) < 4.78 is 4.65. The minimum Gasteiger partial charge on any atom is -0.462 e. The van der Waals surface area contributed by atoms with Crippen molar-refractivity contribution in [3.05, 3.63) is 12.7 Å². The van der Waals surface area contributed by atoms with Gasteiger partial charge in [0.2, 0.25) is 12.1 Å². The number of nitrogens with one attached hydrogen (secondary N) is 1. The van der Waals surface area contributed by atoms with Crippen LogP contribution >= 0.6 is 0 Å². The van der Waals surface area contributed by atoms with Crippen LogP contribution in [0.3, 0.4) is 0 Å². The molecule has 0 heterocycles. The molecule has 0 saturated carbocycles. The Morgan fingerprint density at radius 3 is 2.79 bits per heavy atom. The highest BCUT2D eigenvalue weighted by atomic mass is 16.5. The Morgan fingerprint density at radius 2 is 2.29 bits per heavy atom. The average molecular weight is 201 g/mol. The van der Waals surface area contributed by atoms with Gasteiger partial charge >= 0.3 is 5.97 Å². The molecule has 1 atom stereocenters. The first-order valence-electron chi connectivity index (χ1n) is 4.39. The molecular weight excluding hydrogens is 186 g/mol. The van der Waals surface area contributed by atoms with E-state index in [2.05, 4.69) is 11.3 Å². The third kappa shape index (κ3) is 5.31. The van der Waals surface area contributed by atoms with Crippen molar-refractivity contribution in [2.24, 2.45) is 0 Å². The lowest BCUT2D eigenvalue weighted by molar-refractivity contribution is -0.157. The highest BCUT2D eigenvalue weighted by Gasteiger charge is 2.17. The number of esters is 1. The standard InChI is InChI=1S/C9H15NO4/c1-3-5-6-14-9(13)8(12)10-7(11)4-2/h4,8,12H,2-3,5-6H2,1H3,(H,10,11). The van der Waals surface area contributed by atoms with Crippen molar-refractivity contribution in [3.63, 3.8) is 0 Å². The molecule has 5 heteroatoms. The van der Waals surface area contributed by atoms with E-state index in [1.54, 1.807) is 0 Å². The molecule has 0 spiro atoms. The number of rotatable bonds is 6. The Kier molecular flexibility index (Phi) is 6.39. The van der Waals surface area contributed by atoms with E-state index in [1.807, 2.05) is 12.2 Å². The van der Waals surface area contributed by atoms with E-state index in [4.69, 9.17) is 5.11 Å². The maximum absolute atomic E-state index is 10.9. The fourth-order valence-corrected chi connectivity index (χ4v) is 0.649. The lowest BCUT2D eigenvalue weighted by Crippen LogP contribution is -2.40. The van der Waals surface area contributed by atoms with E-state index in [9.17, 15) is 9.59 Å². The number of unbranched alkanes of at least 4 members (excludes halogenated alkanes) is 1. The van der Waals surface area contributed by atoms with Crippen LogP contribution in [-0.4, -0.2) is 29.8 Å². The Bertz CT molecular complexity index is 215. The summed E-state index contributed by atoms with van der Waals surface area (Å²) in [5.41, 5.74) is 0. The Labute approximate surface area is 82.7 Å². The molecule has 2 N–H and O–H groups in total. The monoisotopic (exact) mass is 201 g/mol. The summed E-state index contributed by atoms with van der Waals surface area (Å²) in [6, 6.07) is 0. The van der Waals surface area contributed by atoms with Crippen LogP contribution in [0.2, 0.25) is 0 Å². The normalized spacial score (nSPS) is 11.6. The number of carbonyl (C=O) groups is 2. The van der Waals surface area contributed by atoms with Crippen LogP contribution in [-0.2, 0) is 14.3 Å². The van der Waals surface area contributed by atoms with Gasteiger partial charge in [0.05, 0.1) is 6.61 Å². The van der Waals surface area contributed by atoms with E-state index >= 15 is 0 Å². The van der Waals surface area contributed by atoms with E-state index in [1.165, 1.54) is 0 Å². The molecule has 0 saturated heterocycles. The number of carbonyl (C=O) groups excluding carboxylic acids is 2. The second kappa shape index (κ2) is 7.08. The molecule has 14 heavy (non-hydrogen) atoms. The molecule has 0 aliphatic rings. The number of hydrogen-bond donors (Lipinski definition) is 2. The summed E-state index contributed by atoms with van der Waals surface area (Å²) in [4.78, 5) is 21.6. The van der Waals surface area contributed by atoms with Gasteiger partial charge in [-0.3, -0.25) is 4.79 Å². The molecule has 0 rings (SSSR count). The van der Waals surface area contributed by atoms with Crippen LogP contribution in [0, 0.1) is 0 Å². The van der Waals surface area contributed by atoms with Crippen LogP contribution in [0.15, 0.2) is 12.7 Å². The highest BCUT2D eigenvalue weighted by Crippen LogP contribution is 1.91. The predicted octanol–water partition coefficient (Wildman–Crippen LogP) is -0.0497. The third-order valence-electron chi connectivity index (χ3n) is 1.43. The number of amides is 1. The van der Waals surface area contributed by atoms with Crippen molar-refractivity contribution >= 4 is 11.9 Å². The van der Waals surface area contributed by atoms with Crippen molar-refractivity contribution in [2.75, 3.05) is 6.61 Å². The number of aliphatic hydroxyl groups excluding tert-OH is 1. The molecule has 0 radical (unpaired) electrons. The van der Waals surface area contributed by atoms with E-state index in [0.717, 1.165) is 18.9 Å². The first kappa shape index (κ1) is 12.6. The molecule has 0 aromatic heterocycles. The zero-order chi connectivity index (χ0) is 11.0. The lowest BCUT2D eigenvalue weighted by Gasteiger charge is -2.10. The second-order valence-corrected chi connectivity index (χ2v) is 2.64. The molecule has 0 aromatic carbocycles. The summed E-state index contributed by atoms with van der Waals surface area (Å²) >= 11 is 0. The van der Waals surface area contributed by atoms with Crippen molar-refractivity contribution in [2.45, 2.75) is 26.0 Å². The van der Waals surface area contributed by atoms with Crippen LogP contribution in [0.4, 0.5) is 0 Å². The first-order valence-corrected chi connectivity index (χ1v) is 4.39. The fraction of sp³-hybridized carbons (Fsp3) is 0.556. The molecule has 0 aliphatic heterocycles. The number of aliphatic hydroxyl groups is 1. The lowest BCUT2D eigenvalue weighted by atomic mass is 10.4. The molecule has 0 aromatic rings. The minimum absolute atomic E-state index is 0.246. The zero-order valence-corrected chi connectivity index (χ0v) is 8.16. The van der Waals surface area contributed by atoms with Crippen molar-refractivity contribution in [1.29, 1.82) is 0 Å². The van der Waals surface area contributed by atoms with Crippen LogP contribution in [0.1, 0.15) is 19.8 Å². The Balaban J connectivity index is 3.75. The van der Waals surface area contributed by atoms with Gasteiger partial charge < -0.3 is 15.2 Å². The molecule has 0 aliphatic carbocycles. The smallest absolute Gasteiger partial charge is 0.356 e. The third-order valence-corrected chi connectivity index (χ3v) is 1.43. The molecule has 80 valence electrons. The van der Waals surface area contributed by atoms with E-state index in [-0.39, 0.29) is 6.61 Å². The summed E-state index contributed by atoms with van der Waals surface area (Å²) in [5.74, 6) is -1.47. The SMILES string of the molecule is C=CC(=O)NC(O)C(=O)OCCCC. The topological polar surface area (TPSA) is 75.6 Å². The van der Waals surface area contributed by atoms with E-state index < -0.39 is 18.1 Å². The van der Waals surface area contributed by atoms with E-state index in [0.29, 0.717) is 0 Å².